The maximum Gasteiger partial charge on any atom is 0.196 e. The number of para-hydroxylation sites is 2. The molecule has 0 unspecified atom stereocenters. The molecule has 0 bridgehead atoms. The molecule has 1 aromatic heterocycles. The van der Waals surface area contributed by atoms with Crippen molar-refractivity contribution in [2.24, 2.45) is 0 Å². The fraction of sp³-hybridized carbons (Fsp3) is 0. The minimum atomic E-state index is 0.494. The van der Waals surface area contributed by atoms with Gasteiger partial charge in [-0.2, -0.15) is 5.26 Å². The normalized spacial score (nSPS) is 10.7. The molecule has 0 spiro atoms. The van der Waals surface area contributed by atoms with E-state index in [4.69, 9.17) is 6.57 Å². The molecule has 0 aliphatic carbocycles. The summed E-state index contributed by atoms with van der Waals surface area (Å²) in [5.74, 6) is 0. The van der Waals surface area contributed by atoms with E-state index in [1.54, 1.807) is 18.2 Å². The van der Waals surface area contributed by atoms with E-state index in [0.29, 0.717) is 16.8 Å². The second-order valence-electron chi connectivity index (χ2n) is 6.81. The lowest BCUT2D eigenvalue weighted by molar-refractivity contribution is 1.18. The lowest BCUT2D eigenvalue weighted by Gasteiger charge is -2.10. The molecular weight excluding hydrogens is 354 g/mol. The molecule has 0 saturated carbocycles. The van der Waals surface area contributed by atoms with Crippen molar-refractivity contribution in [2.75, 3.05) is 0 Å². The highest BCUT2D eigenvalue weighted by Gasteiger charge is 2.19. The van der Waals surface area contributed by atoms with Crippen LogP contribution in [0.25, 0.3) is 43.5 Å². The van der Waals surface area contributed by atoms with Crippen molar-refractivity contribution in [1.29, 1.82) is 5.26 Å². The van der Waals surface area contributed by atoms with Crippen LogP contribution in [0.2, 0.25) is 0 Å². The van der Waals surface area contributed by atoms with Crippen LogP contribution in [0.15, 0.2) is 91.0 Å². The first kappa shape index (κ1) is 16.8. The summed E-state index contributed by atoms with van der Waals surface area (Å²) in [6.45, 7) is 7.63. The van der Waals surface area contributed by atoms with Gasteiger partial charge in [0.25, 0.3) is 0 Å². The second-order valence-corrected chi connectivity index (χ2v) is 6.81. The fourth-order valence-corrected chi connectivity index (χ4v) is 4.09. The van der Waals surface area contributed by atoms with Gasteiger partial charge in [0.1, 0.15) is 0 Å². The van der Waals surface area contributed by atoms with Crippen LogP contribution in [0, 0.1) is 17.9 Å². The Hall–Kier alpha value is -4.34. The summed E-state index contributed by atoms with van der Waals surface area (Å²) in [7, 11) is 0. The number of nitrogens with zero attached hydrogens (tertiary/aromatic N) is 3. The SMILES string of the molecule is [C-]#[N+]c1cccc(C#N)c1-c1cccc2c1c1ccccc1n2-c1ccccc1. The summed E-state index contributed by atoms with van der Waals surface area (Å²) in [6.07, 6.45) is 0. The molecule has 1 heterocycles. The van der Waals surface area contributed by atoms with Crippen LogP contribution in [0.1, 0.15) is 5.56 Å². The molecule has 5 rings (SSSR count). The average molecular weight is 369 g/mol. The highest BCUT2D eigenvalue weighted by atomic mass is 15.0. The number of nitriles is 1. The summed E-state index contributed by atoms with van der Waals surface area (Å²) < 4.78 is 2.24. The minimum absolute atomic E-state index is 0.494. The van der Waals surface area contributed by atoms with E-state index >= 15 is 0 Å². The van der Waals surface area contributed by atoms with Gasteiger partial charge in [-0.3, -0.25) is 0 Å². The first-order valence-electron chi connectivity index (χ1n) is 9.32. The Morgan fingerprint density at radius 3 is 2.28 bits per heavy atom. The summed E-state index contributed by atoms with van der Waals surface area (Å²) in [4.78, 5) is 3.70. The molecule has 0 radical (unpaired) electrons. The zero-order valence-electron chi connectivity index (χ0n) is 15.5. The molecule has 4 aromatic carbocycles. The van der Waals surface area contributed by atoms with E-state index in [-0.39, 0.29) is 0 Å². The molecule has 5 aromatic rings. The molecule has 3 nitrogen and oxygen atoms in total. The number of hydrogen-bond acceptors (Lipinski definition) is 1. The maximum atomic E-state index is 9.71. The van der Waals surface area contributed by atoms with E-state index < -0.39 is 0 Å². The molecule has 29 heavy (non-hydrogen) atoms. The first-order chi connectivity index (χ1) is 14.3. The van der Waals surface area contributed by atoms with Gasteiger partial charge in [0, 0.05) is 27.6 Å². The minimum Gasteiger partial charge on any atom is -0.309 e. The van der Waals surface area contributed by atoms with Crippen molar-refractivity contribution >= 4 is 27.5 Å². The van der Waals surface area contributed by atoms with E-state index in [9.17, 15) is 5.26 Å². The third-order valence-electron chi connectivity index (χ3n) is 5.26. The Morgan fingerprint density at radius 1 is 0.759 bits per heavy atom. The molecule has 0 atom stereocenters. The largest absolute Gasteiger partial charge is 0.309 e. The molecule has 134 valence electrons. The van der Waals surface area contributed by atoms with Crippen LogP contribution in [-0.2, 0) is 0 Å². The van der Waals surface area contributed by atoms with E-state index in [1.807, 2.05) is 42.5 Å². The van der Waals surface area contributed by atoms with Crippen molar-refractivity contribution in [1.82, 2.24) is 4.57 Å². The smallest absolute Gasteiger partial charge is 0.196 e. The Morgan fingerprint density at radius 2 is 1.48 bits per heavy atom. The average Bonchev–Trinajstić information content (AvgIpc) is 3.13. The zero-order valence-corrected chi connectivity index (χ0v) is 15.5. The quantitative estimate of drug-likeness (QED) is 0.312. The van der Waals surface area contributed by atoms with Gasteiger partial charge in [-0.25, -0.2) is 4.85 Å². The summed E-state index contributed by atoms with van der Waals surface area (Å²) in [6, 6.07) is 32.2. The molecule has 0 saturated heterocycles. The van der Waals surface area contributed by atoms with E-state index in [2.05, 4.69) is 45.8 Å². The Bertz CT molecular complexity index is 1430. The molecule has 3 heteroatoms. The first-order valence-corrected chi connectivity index (χ1v) is 9.32. The fourth-order valence-electron chi connectivity index (χ4n) is 4.09. The number of hydrogen-bond donors (Lipinski definition) is 0. The molecule has 0 amide bonds. The van der Waals surface area contributed by atoms with Crippen LogP contribution in [0.4, 0.5) is 5.69 Å². The monoisotopic (exact) mass is 369 g/mol. The molecule has 0 N–H and O–H groups in total. The van der Waals surface area contributed by atoms with Crippen LogP contribution >= 0.6 is 0 Å². The van der Waals surface area contributed by atoms with Crippen molar-refractivity contribution in [3.8, 4) is 22.9 Å². The van der Waals surface area contributed by atoms with E-state index in [1.165, 1.54) is 0 Å². The van der Waals surface area contributed by atoms with Gasteiger partial charge in [0.05, 0.1) is 23.7 Å². The van der Waals surface area contributed by atoms with Gasteiger partial charge in [0.15, 0.2) is 5.69 Å². The number of aromatic nitrogens is 1. The molecular formula is C26H15N3. The molecule has 0 aliphatic heterocycles. The summed E-state index contributed by atoms with van der Waals surface area (Å²) in [5, 5.41) is 11.9. The van der Waals surface area contributed by atoms with E-state index in [0.717, 1.165) is 33.1 Å². The van der Waals surface area contributed by atoms with Gasteiger partial charge in [-0.15, -0.1) is 0 Å². The second kappa shape index (κ2) is 6.68. The van der Waals surface area contributed by atoms with Gasteiger partial charge in [-0.1, -0.05) is 60.7 Å². The molecule has 0 aliphatic rings. The lowest BCUT2D eigenvalue weighted by atomic mass is 9.94. The summed E-state index contributed by atoms with van der Waals surface area (Å²) in [5.41, 5.74) is 5.85. The van der Waals surface area contributed by atoms with Gasteiger partial charge < -0.3 is 4.57 Å². The maximum absolute atomic E-state index is 9.71. The van der Waals surface area contributed by atoms with Crippen molar-refractivity contribution in [2.45, 2.75) is 0 Å². The van der Waals surface area contributed by atoms with Crippen LogP contribution in [-0.4, -0.2) is 4.57 Å². The number of rotatable bonds is 2. The highest BCUT2D eigenvalue weighted by Crippen LogP contribution is 2.42. The van der Waals surface area contributed by atoms with Crippen molar-refractivity contribution in [3.05, 3.63) is 108 Å². The Labute approximate surface area is 168 Å². The van der Waals surface area contributed by atoms with Crippen molar-refractivity contribution in [3.63, 3.8) is 0 Å². The predicted molar refractivity (Wildman–Crippen MR) is 117 cm³/mol. The van der Waals surface area contributed by atoms with Crippen molar-refractivity contribution < 1.29 is 0 Å². The molecule has 0 fully saturated rings. The van der Waals surface area contributed by atoms with Gasteiger partial charge in [-0.05, 0) is 35.9 Å². The van der Waals surface area contributed by atoms with Crippen LogP contribution in [0.3, 0.4) is 0 Å². The number of benzene rings is 4. The predicted octanol–water partition coefficient (Wildman–Crippen LogP) is 6.87. The van der Waals surface area contributed by atoms with Gasteiger partial charge in [0.2, 0.25) is 0 Å². The number of fused-ring (bicyclic) bond motifs is 3. The lowest BCUT2D eigenvalue weighted by Crippen LogP contribution is -1.93. The third kappa shape index (κ3) is 2.50. The Kier molecular flexibility index (Phi) is 3.87. The van der Waals surface area contributed by atoms with Crippen LogP contribution < -0.4 is 0 Å². The third-order valence-corrected chi connectivity index (χ3v) is 5.26. The standard InChI is InChI=1S/C26H15N3/c1-28-22-14-7-9-18(17-27)25(22)21-13-8-16-24-26(21)20-12-5-6-15-23(20)29(24)19-10-3-2-4-11-19/h2-16H. The van der Waals surface area contributed by atoms with Gasteiger partial charge >= 0.3 is 0 Å². The highest BCUT2D eigenvalue weighted by molar-refractivity contribution is 6.17. The topological polar surface area (TPSA) is 33.1 Å². The zero-order chi connectivity index (χ0) is 19.8. The van der Waals surface area contributed by atoms with Crippen LogP contribution in [0.5, 0.6) is 0 Å². The Balaban J connectivity index is 1.99. The summed E-state index contributed by atoms with van der Waals surface area (Å²) >= 11 is 0.